The molecule has 0 saturated carbocycles. The molecule has 1 rings (SSSR count). The fourth-order valence-electron chi connectivity index (χ4n) is 1.16. The molecule has 0 aliphatic carbocycles. The van der Waals surface area contributed by atoms with Gasteiger partial charge < -0.3 is 5.11 Å². The van der Waals surface area contributed by atoms with Crippen LogP contribution in [0.2, 0.25) is 0 Å². The molecule has 0 bridgehead atoms. The van der Waals surface area contributed by atoms with E-state index in [0.29, 0.717) is 5.56 Å². The van der Waals surface area contributed by atoms with E-state index in [-0.39, 0.29) is 12.2 Å². The third-order valence-electron chi connectivity index (χ3n) is 1.84. The lowest BCUT2D eigenvalue weighted by atomic mass is 10.0. The van der Waals surface area contributed by atoms with Crippen LogP contribution in [-0.4, -0.2) is 16.7 Å². The highest BCUT2D eigenvalue weighted by Crippen LogP contribution is 2.14. The summed E-state index contributed by atoms with van der Waals surface area (Å²) in [6, 6.07) is 8.58. The van der Waals surface area contributed by atoms with Gasteiger partial charge in [0.2, 0.25) is 0 Å². The second kappa shape index (κ2) is 4.67. The Morgan fingerprint density at radius 2 is 1.86 bits per heavy atom. The molecule has 1 atom stereocenters. The van der Waals surface area contributed by atoms with Gasteiger partial charge in [0.05, 0.1) is 6.42 Å². The monoisotopic (exact) mass is 192 g/mol. The van der Waals surface area contributed by atoms with Gasteiger partial charge in [-0.2, -0.15) is 0 Å². The lowest BCUT2D eigenvalue weighted by Gasteiger charge is -2.07. The number of Topliss-reactive ketones (excluding diaryl/α,β-unsaturated/α-hetero) is 2. The van der Waals surface area contributed by atoms with Crippen LogP contribution in [-0.2, 0) is 9.59 Å². The van der Waals surface area contributed by atoms with Crippen molar-refractivity contribution in [2.75, 3.05) is 0 Å². The normalized spacial score (nSPS) is 12.1. The van der Waals surface area contributed by atoms with Crippen molar-refractivity contribution in [3.05, 3.63) is 35.9 Å². The van der Waals surface area contributed by atoms with Crippen molar-refractivity contribution in [1.82, 2.24) is 0 Å². The van der Waals surface area contributed by atoms with Gasteiger partial charge in [0.25, 0.3) is 0 Å². The minimum atomic E-state index is -1.18. The average molecular weight is 192 g/mol. The molecule has 1 aromatic rings. The summed E-state index contributed by atoms with van der Waals surface area (Å²) in [6.45, 7) is 1.33. The molecular weight excluding hydrogens is 180 g/mol. The number of hydrogen-bond donors (Lipinski definition) is 1. The molecule has 14 heavy (non-hydrogen) atoms. The number of aliphatic hydroxyl groups is 1. The van der Waals surface area contributed by atoms with Gasteiger partial charge in [-0.1, -0.05) is 30.3 Å². The van der Waals surface area contributed by atoms with Gasteiger partial charge in [-0.05, 0) is 12.5 Å². The Labute approximate surface area is 82.4 Å². The van der Waals surface area contributed by atoms with Crippen molar-refractivity contribution in [2.45, 2.75) is 19.4 Å². The van der Waals surface area contributed by atoms with Crippen LogP contribution in [0.5, 0.6) is 0 Å². The first-order valence-electron chi connectivity index (χ1n) is 4.36. The van der Waals surface area contributed by atoms with E-state index in [4.69, 9.17) is 0 Å². The minimum Gasteiger partial charge on any atom is -0.381 e. The maximum Gasteiger partial charge on any atom is 0.173 e. The highest BCUT2D eigenvalue weighted by Gasteiger charge is 2.17. The Morgan fingerprint density at radius 3 is 2.36 bits per heavy atom. The molecule has 1 N–H and O–H groups in total. The molecule has 0 spiro atoms. The predicted octanol–water partition coefficient (Wildman–Crippen LogP) is 1.27. The SMILES string of the molecule is CC(=O)CC(=O)C(O)c1ccccc1. The summed E-state index contributed by atoms with van der Waals surface area (Å²) in [4.78, 5) is 21.9. The van der Waals surface area contributed by atoms with Gasteiger partial charge >= 0.3 is 0 Å². The third-order valence-corrected chi connectivity index (χ3v) is 1.84. The highest BCUT2D eigenvalue weighted by molar-refractivity contribution is 6.00. The predicted molar refractivity (Wildman–Crippen MR) is 51.7 cm³/mol. The van der Waals surface area contributed by atoms with Crippen molar-refractivity contribution in [3.8, 4) is 0 Å². The van der Waals surface area contributed by atoms with Gasteiger partial charge in [0.15, 0.2) is 5.78 Å². The maximum atomic E-state index is 11.3. The van der Waals surface area contributed by atoms with Crippen molar-refractivity contribution in [3.63, 3.8) is 0 Å². The topological polar surface area (TPSA) is 54.4 Å². The molecule has 74 valence electrons. The molecule has 0 amide bonds. The number of ketones is 2. The molecule has 3 heteroatoms. The van der Waals surface area contributed by atoms with E-state index in [2.05, 4.69) is 0 Å². The lowest BCUT2D eigenvalue weighted by Crippen LogP contribution is -2.14. The molecule has 0 saturated heterocycles. The third kappa shape index (κ3) is 2.78. The number of benzene rings is 1. The Kier molecular flexibility index (Phi) is 3.54. The zero-order valence-corrected chi connectivity index (χ0v) is 7.93. The molecule has 0 aliphatic heterocycles. The zero-order valence-electron chi connectivity index (χ0n) is 7.93. The Morgan fingerprint density at radius 1 is 1.29 bits per heavy atom. The van der Waals surface area contributed by atoms with Crippen molar-refractivity contribution in [2.24, 2.45) is 0 Å². The maximum absolute atomic E-state index is 11.3. The summed E-state index contributed by atoms with van der Waals surface area (Å²) in [5.41, 5.74) is 0.527. The standard InChI is InChI=1S/C11H12O3/c1-8(12)7-10(13)11(14)9-5-3-2-4-6-9/h2-6,11,14H,7H2,1H3. The first-order chi connectivity index (χ1) is 6.61. The second-order valence-corrected chi connectivity index (χ2v) is 3.16. The Balaban J connectivity index is 2.71. The molecule has 0 fully saturated rings. The van der Waals surface area contributed by atoms with E-state index in [1.54, 1.807) is 30.3 Å². The van der Waals surface area contributed by atoms with Crippen LogP contribution in [0.4, 0.5) is 0 Å². The number of carbonyl (C=O) groups excluding carboxylic acids is 2. The average Bonchev–Trinajstić information content (AvgIpc) is 2.17. The van der Waals surface area contributed by atoms with E-state index in [1.165, 1.54) is 6.92 Å². The number of hydrogen-bond acceptors (Lipinski definition) is 3. The number of aliphatic hydroxyl groups excluding tert-OH is 1. The van der Waals surface area contributed by atoms with Crippen molar-refractivity contribution < 1.29 is 14.7 Å². The van der Waals surface area contributed by atoms with E-state index < -0.39 is 11.9 Å². The lowest BCUT2D eigenvalue weighted by molar-refractivity contribution is -0.131. The first-order valence-corrected chi connectivity index (χ1v) is 4.36. The number of carbonyl (C=O) groups is 2. The van der Waals surface area contributed by atoms with Crippen molar-refractivity contribution >= 4 is 11.6 Å². The molecule has 1 unspecified atom stereocenters. The van der Waals surface area contributed by atoms with Gasteiger partial charge in [-0.25, -0.2) is 0 Å². The van der Waals surface area contributed by atoms with Crippen LogP contribution in [0.1, 0.15) is 25.0 Å². The largest absolute Gasteiger partial charge is 0.381 e. The Bertz CT molecular complexity index is 330. The molecule has 0 aromatic heterocycles. The van der Waals surface area contributed by atoms with Crippen LogP contribution >= 0.6 is 0 Å². The highest BCUT2D eigenvalue weighted by atomic mass is 16.3. The minimum absolute atomic E-state index is 0.212. The quantitative estimate of drug-likeness (QED) is 0.731. The van der Waals surface area contributed by atoms with Crippen LogP contribution in [0.25, 0.3) is 0 Å². The molecule has 0 aliphatic rings. The van der Waals surface area contributed by atoms with E-state index >= 15 is 0 Å². The van der Waals surface area contributed by atoms with Gasteiger partial charge in [0.1, 0.15) is 11.9 Å². The Hall–Kier alpha value is -1.48. The summed E-state index contributed by atoms with van der Waals surface area (Å²) in [5, 5.41) is 9.54. The van der Waals surface area contributed by atoms with Crippen molar-refractivity contribution in [1.29, 1.82) is 0 Å². The molecule has 0 radical (unpaired) electrons. The van der Waals surface area contributed by atoms with E-state index in [0.717, 1.165) is 0 Å². The number of rotatable bonds is 4. The van der Waals surface area contributed by atoms with Crippen LogP contribution in [0.15, 0.2) is 30.3 Å². The second-order valence-electron chi connectivity index (χ2n) is 3.16. The molecule has 0 heterocycles. The zero-order chi connectivity index (χ0) is 10.6. The van der Waals surface area contributed by atoms with E-state index in [9.17, 15) is 14.7 Å². The smallest absolute Gasteiger partial charge is 0.173 e. The summed E-state index contributed by atoms with van der Waals surface area (Å²) in [6.07, 6.45) is -1.39. The fourth-order valence-corrected chi connectivity index (χ4v) is 1.16. The van der Waals surface area contributed by atoms with Gasteiger partial charge in [-0.3, -0.25) is 9.59 Å². The first kappa shape index (κ1) is 10.6. The fraction of sp³-hybridized carbons (Fsp3) is 0.273. The van der Waals surface area contributed by atoms with Crippen LogP contribution in [0, 0.1) is 0 Å². The van der Waals surface area contributed by atoms with Gasteiger partial charge in [-0.15, -0.1) is 0 Å². The molecule has 3 nitrogen and oxygen atoms in total. The van der Waals surface area contributed by atoms with Gasteiger partial charge in [0, 0.05) is 0 Å². The van der Waals surface area contributed by atoms with E-state index in [1.807, 2.05) is 0 Å². The summed E-state index contributed by atoms with van der Waals surface area (Å²) >= 11 is 0. The summed E-state index contributed by atoms with van der Waals surface area (Å²) < 4.78 is 0. The summed E-state index contributed by atoms with van der Waals surface area (Å²) in [5.74, 6) is -0.686. The molecular formula is C11H12O3. The van der Waals surface area contributed by atoms with Crippen LogP contribution in [0.3, 0.4) is 0 Å². The molecule has 1 aromatic carbocycles. The summed E-state index contributed by atoms with van der Waals surface area (Å²) in [7, 11) is 0. The van der Waals surface area contributed by atoms with Crippen LogP contribution < -0.4 is 0 Å².